The molecule has 2 amide bonds. The van der Waals surface area contributed by atoms with Gasteiger partial charge >= 0.3 is 7.48 Å². The van der Waals surface area contributed by atoms with E-state index < -0.39 is 11.8 Å². The maximum absolute atomic E-state index is 11.8. The summed E-state index contributed by atoms with van der Waals surface area (Å²) in [6.45, 7) is 14.3. The molecule has 1 aromatic heterocycles. The fourth-order valence-electron chi connectivity index (χ4n) is 3.34. The lowest BCUT2D eigenvalue weighted by molar-refractivity contribution is -0.117. The van der Waals surface area contributed by atoms with Crippen molar-refractivity contribution in [3.05, 3.63) is 72.6 Å². The van der Waals surface area contributed by atoms with Crippen molar-refractivity contribution in [2.75, 3.05) is 11.6 Å². The molecule has 2 aromatic carbocycles. The largest absolute Gasteiger partial charge is 0.493 e. The number of nitrogens with one attached hydrogen (secondary N) is 1. The molecule has 0 saturated carbocycles. The average molecular weight is 518 g/mol. The molecule has 0 spiro atoms. The van der Waals surface area contributed by atoms with E-state index in [0.717, 1.165) is 29.6 Å². The van der Waals surface area contributed by atoms with Gasteiger partial charge in [-0.15, -0.1) is 0 Å². The second kappa shape index (κ2) is 12.3. The lowest BCUT2D eigenvalue weighted by Gasteiger charge is -2.26. The number of hydrazine groups is 1. The molecule has 7 nitrogen and oxygen atoms in total. The number of aromatic nitrogens is 1. The maximum Gasteiger partial charge on any atom is 0.330 e. The fraction of sp³-hybridized carbons (Fsp3) is 0.321. The van der Waals surface area contributed by atoms with E-state index in [1.54, 1.807) is 31.7 Å². The van der Waals surface area contributed by atoms with Crippen LogP contribution >= 0.6 is 12.6 Å². The average Bonchev–Trinajstić information content (AvgIpc) is 3.14. The van der Waals surface area contributed by atoms with Crippen molar-refractivity contribution in [1.29, 1.82) is 0 Å². The van der Waals surface area contributed by atoms with Gasteiger partial charge in [0.25, 0.3) is 11.8 Å². The number of rotatable bonds is 8. The molecule has 3 aromatic rings. The molecule has 37 heavy (non-hydrogen) atoms. The minimum atomic E-state index is -0.478. The third-order valence-electron chi connectivity index (χ3n) is 5.96. The number of ether oxygens (including phenoxy) is 1. The molecular formula is C28H33BN3O4S. The number of carbonyl (C=O) groups excluding carboxylic acids is 2. The Morgan fingerprint density at radius 3 is 2.43 bits per heavy atom. The summed E-state index contributed by atoms with van der Waals surface area (Å²) in [6.07, 6.45) is 4.65. The Balaban J connectivity index is 0.000000220. The topological polar surface area (TPSA) is 80.8 Å². The van der Waals surface area contributed by atoms with Crippen molar-refractivity contribution in [1.82, 2.24) is 10.4 Å². The maximum atomic E-state index is 11.8. The van der Waals surface area contributed by atoms with Crippen molar-refractivity contribution < 1.29 is 19.0 Å². The molecule has 0 bridgehead atoms. The number of thiol groups is 1. The standard InChI is InChI=1S/C15H18BN2O3S.C13H15NO/c1-9-13(19)17-18(14(9)20)12-7-5-11(6-8-12)16-21-10(2)15(3,4)22;1-3-8-15-13-5-4-10(2)11-6-7-14-9-12(11)13/h5-8,10,22H,1H2,2-4H3,(H,17,19);4-7,9H,3,8H2,1-2H3. The van der Waals surface area contributed by atoms with E-state index in [2.05, 4.69) is 49.5 Å². The van der Waals surface area contributed by atoms with Crippen LogP contribution in [-0.2, 0) is 14.2 Å². The van der Waals surface area contributed by atoms with E-state index in [-0.39, 0.29) is 16.4 Å². The molecule has 1 aliphatic rings. The van der Waals surface area contributed by atoms with Crippen LogP contribution in [0.15, 0.2) is 67.0 Å². The lowest BCUT2D eigenvalue weighted by atomic mass is 9.87. The first-order valence-corrected chi connectivity index (χ1v) is 12.6. The van der Waals surface area contributed by atoms with Crippen LogP contribution in [0.5, 0.6) is 5.75 Å². The molecule has 0 aliphatic carbocycles. The number of hydrogen-bond acceptors (Lipinski definition) is 6. The highest BCUT2D eigenvalue weighted by atomic mass is 32.1. The SMILES string of the molecule is C=C1C(=O)NN(c2ccc([B]OC(C)C(C)(C)S)cc2)C1=O.CCCOc1ccc(C)c2ccncc12. The molecule has 1 atom stereocenters. The van der Waals surface area contributed by atoms with Crippen LogP contribution in [0.4, 0.5) is 5.69 Å². The van der Waals surface area contributed by atoms with E-state index in [1.807, 2.05) is 45.3 Å². The van der Waals surface area contributed by atoms with Crippen LogP contribution in [0.3, 0.4) is 0 Å². The number of hydrogen-bond donors (Lipinski definition) is 2. The minimum absolute atomic E-state index is 0.0571. The molecule has 193 valence electrons. The Morgan fingerprint density at radius 1 is 1.14 bits per heavy atom. The predicted octanol–water partition coefficient (Wildman–Crippen LogP) is 4.31. The quantitative estimate of drug-likeness (QED) is 0.201. The number of fused-ring (bicyclic) bond motifs is 1. The molecule has 4 rings (SSSR count). The van der Waals surface area contributed by atoms with Crippen molar-refractivity contribution in [2.45, 2.75) is 51.9 Å². The summed E-state index contributed by atoms with van der Waals surface area (Å²) in [5, 5.41) is 3.50. The second-order valence-corrected chi connectivity index (χ2v) is 10.5. The Hall–Kier alpha value is -3.30. The molecule has 1 aliphatic heterocycles. The Labute approximate surface area is 224 Å². The highest BCUT2D eigenvalue weighted by Crippen LogP contribution is 2.27. The van der Waals surface area contributed by atoms with Crippen LogP contribution in [0.25, 0.3) is 10.8 Å². The molecule has 2 heterocycles. The van der Waals surface area contributed by atoms with Gasteiger partial charge in [0.05, 0.1) is 18.4 Å². The van der Waals surface area contributed by atoms with Gasteiger partial charge in [-0.2, -0.15) is 12.6 Å². The number of pyridine rings is 1. The van der Waals surface area contributed by atoms with Crippen molar-refractivity contribution in [3.63, 3.8) is 0 Å². The molecular weight excluding hydrogens is 485 g/mol. The zero-order chi connectivity index (χ0) is 27.2. The first kappa shape index (κ1) is 28.3. The van der Waals surface area contributed by atoms with Gasteiger partial charge in [0.1, 0.15) is 11.3 Å². The van der Waals surface area contributed by atoms with Gasteiger partial charge in [0, 0.05) is 22.5 Å². The van der Waals surface area contributed by atoms with E-state index in [4.69, 9.17) is 9.39 Å². The summed E-state index contributed by atoms with van der Waals surface area (Å²) < 4.78 is 11.1. The monoisotopic (exact) mass is 518 g/mol. The predicted molar refractivity (Wildman–Crippen MR) is 152 cm³/mol. The van der Waals surface area contributed by atoms with E-state index in [9.17, 15) is 9.59 Å². The smallest absolute Gasteiger partial charge is 0.330 e. The molecule has 1 saturated heterocycles. The molecule has 9 heteroatoms. The van der Waals surface area contributed by atoms with Gasteiger partial charge in [0.15, 0.2) is 0 Å². The third-order valence-corrected chi connectivity index (χ3v) is 6.32. The van der Waals surface area contributed by atoms with Crippen LogP contribution in [0, 0.1) is 6.92 Å². The second-order valence-electron chi connectivity index (χ2n) is 9.35. The van der Waals surface area contributed by atoms with Gasteiger partial charge in [-0.25, -0.2) is 5.01 Å². The number of carbonyl (C=O) groups is 2. The first-order valence-electron chi connectivity index (χ1n) is 12.1. The molecule has 1 radical (unpaired) electrons. The van der Waals surface area contributed by atoms with Crippen LogP contribution in [0.2, 0.25) is 0 Å². The van der Waals surface area contributed by atoms with Crippen molar-refractivity contribution >= 4 is 53.8 Å². The molecule has 1 N–H and O–H groups in total. The highest BCUT2D eigenvalue weighted by Gasteiger charge is 2.32. The normalized spacial score (nSPS) is 14.2. The minimum Gasteiger partial charge on any atom is -0.493 e. The summed E-state index contributed by atoms with van der Waals surface area (Å²) in [5.74, 6) is 0.0165. The highest BCUT2D eigenvalue weighted by molar-refractivity contribution is 7.81. The Bertz CT molecular complexity index is 1270. The summed E-state index contributed by atoms with van der Waals surface area (Å²) in [4.78, 5) is 27.4. The zero-order valence-electron chi connectivity index (χ0n) is 21.9. The van der Waals surface area contributed by atoms with Crippen molar-refractivity contribution in [2.24, 2.45) is 0 Å². The van der Waals surface area contributed by atoms with E-state index >= 15 is 0 Å². The first-order chi connectivity index (χ1) is 17.5. The Kier molecular flexibility index (Phi) is 9.40. The number of nitrogens with zero attached hydrogens (tertiary/aromatic N) is 2. The summed E-state index contributed by atoms with van der Waals surface area (Å²) in [5.41, 5.74) is 5.07. The summed E-state index contributed by atoms with van der Waals surface area (Å²) in [7, 11) is 1.65. The van der Waals surface area contributed by atoms with Crippen LogP contribution in [-0.4, -0.2) is 41.7 Å². The zero-order valence-corrected chi connectivity index (χ0v) is 22.8. The third kappa shape index (κ3) is 7.14. The van der Waals surface area contributed by atoms with Crippen molar-refractivity contribution in [3.8, 4) is 5.75 Å². The summed E-state index contributed by atoms with van der Waals surface area (Å²) >= 11 is 4.46. The van der Waals surface area contributed by atoms with E-state index in [0.29, 0.717) is 5.69 Å². The van der Waals surface area contributed by atoms with Crippen LogP contribution in [0.1, 0.15) is 39.7 Å². The van der Waals surface area contributed by atoms with Gasteiger partial charge in [-0.3, -0.25) is 20.0 Å². The number of amides is 2. The van der Waals surface area contributed by atoms with Gasteiger partial charge in [0.2, 0.25) is 0 Å². The summed E-state index contributed by atoms with van der Waals surface area (Å²) in [6, 6.07) is 13.2. The number of aryl methyl sites for hydroxylation is 1. The number of anilines is 1. The van der Waals surface area contributed by atoms with Gasteiger partial charge in [-0.05, 0) is 69.3 Å². The fourth-order valence-corrected chi connectivity index (χ4v) is 3.40. The molecule has 1 unspecified atom stereocenters. The Morgan fingerprint density at radius 2 is 1.84 bits per heavy atom. The van der Waals surface area contributed by atoms with E-state index in [1.165, 1.54) is 16.0 Å². The van der Waals surface area contributed by atoms with Gasteiger partial charge in [-0.1, -0.05) is 37.2 Å². The number of benzene rings is 2. The van der Waals surface area contributed by atoms with Crippen LogP contribution < -0.4 is 20.6 Å². The molecule has 1 fully saturated rings. The lowest BCUT2D eigenvalue weighted by Crippen LogP contribution is -2.36. The van der Waals surface area contributed by atoms with Gasteiger partial charge < -0.3 is 9.39 Å².